The molecule has 14 rings (SSSR count). The van der Waals surface area contributed by atoms with Gasteiger partial charge in [-0.1, -0.05) is 152 Å². The number of furan rings is 1. The van der Waals surface area contributed by atoms with Gasteiger partial charge in [0, 0.05) is 48.0 Å². The zero-order chi connectivity index (χ0) is 45.9. The predicted molar refractivity (Wildman–Crippen MR) is 297 cm³/mol. The Morgan fingerprint density at radius 3 is 1.91 bits per heavy atom. The van der Waals surface area contributed by atoms with E-state index < -0.39 is 0 Å². The van der Waals surface area contributed by atoms with E-state index in [1.165, 1.54) is 102 Å². The Morgan fingerprint density at radius 2 is 1.10 bits per heavy atom. The smallest absolute Gasteiger partial charge is 0.136 e. The van der Waals surface area contributed by atoms with Crippen molar-refractivity contribution in [1.82, 2.24) is 4.57 Å². The fraction of sp³-hybridized carbons (Fsp3) is 0.0615. The van der Waals surface area contributed by atoms with E-state index in [1.807, 2.05) is 17.4 Å². The second-order valence-electron chi connectivity index (χ2n) is 18.7. The van der Waals surface area contributed by atoms with Gasteiger partial charge in [-0.05, 0) is 135 Å². The van der Waals surface area contributed by atoms with Crippen molar-refractivity contribution in [1.29, 1.82) is 0 Å². The number of aliphatic imine (C=N–C) groups is 1. The average molecular weight is 901 g/mol. The molecule has 69 heavy (non-hydrogen) atoms. The summed E-state index contributed by atoms with van der Waals surface area (Å²) in [7, 11) is 0. The van der Waals surface area contributed by atoms with Gasteiger partial charge in [0.1, 0.15) is 11.2 Å². The number of hydrogen-bond donors (Lipinski definition) is 0. The van der Waals surface area contributed by atoms with Gasteiger partial charge in [0.25, 0.3) is 0 Å². The number of benzene rings is 11. The highest BCUT2D eigenvalue weighted by Gasteiger charge is 2.23. The van der Waals surface area contributed by atoms with Crippen LogP contribution in [-0.2, 0) is 0 Å². The van der Waals surface area contributed by atoms with Crippen molar-refractivity contribution < 1.29 is 4.42 Å². The molecule has 0 fully saturated rings. The second-order valence-corrected chi connectivity index (χ2v) is 19.7. The van der Waals surface area contributed by atoms with Crippen LogP contribution in [0.1, 0.15) is 43.5 Å². The normalized spacial score (nSPS) is 13.4. The summed E-state index contributed by atoms with van der Waals surface area (Å²) in [5, 5.41) is 17.2. The molecule has 0 bridgehead atoms. The fourth-order valence-corrected chi connectivity index (χ4v) is 12.3. The number of aromatic nitrogens is 1. The molecule has 0 aliphatic rings. The van der Waals surface area contributed by atoms with Crippen LogP contribution < -0.4 is 0 Å². The lowest BCUT2D eigenvalue weighted by molar-refractivity contribution is 0.669. The molecule has 0 saturated carbocycles. The third-order valence-electron chi connectivity index (χ3n) is 14.8. The quantitative estimate of drug-likeness (QED) is 0.153. The van der Waals surface area contributed by atoms with Crippen LogP contribution in [0.5, 0.6) is 0 Å². The Kier molecular flexibility index (Phi) is 8.87. The van der Waals surface area contributed by atoms with E-state index in [1.54, 1.807) is 0 Å². The molecule has 0 aliphatic heterocycles. The maximum absolute atomic E-state index is 6.53. The number of allylic oxidation sites excluding steroid dienone is 2. The van der Waals surface area contributed by atoms with E-state index in [-0.39, 0.29) is 6.04 Å². The molecule has 326 valence electrons. The Hall–Kier alpha value is -8.31. The monoisotopic (exact) mass is 900 g/mol. The molecule has 0 spiro atoms. The molecule has 3 nitrogen and oxygen atoms in total. The molecule has 4 heteroatoms. The average Bonchev–Trinajstić information content (AvgIpc) is 4.08. The molecule has 0 saturated heterocycles. The maximum atomic E-state index is 6.53. The number of thiophene rings is 1. The van der Waals surface area contributed by atoms with Crippen LogP contribution in [0, 0.1) is 0 Å². The van der Waals surface area contributed by atoms with Gasteiger partial charge in [-0.2, -0.15) is 0 Å². The van der Waals surface area contributed by atoms with Gasteiger partial charge in [0.05, 0.1) is 33.2 Å². The molecule has 0 unspecified atom stereocenters. The summed E-state index contributed by atoms with van der Waals surface area (Å²) < 4.78 is 11.7. The molecule has 11 aromatic carbocycles. The minimum absolute atomic E-state index is 0.121. The number of nitrogens with zero attached hydrogens (tertiary/aromatic N) is 2. The van der Waals surface area contributed by atoms with Gasteiger partial charge in [0.2, 0.25) is 0 Å². The van der Waals surface area contributed by atoms with Crippen molar-refractivity contribution in [3.63, 3.8) is 0 Å². The molecule has 0 aliphatic carbocycles. The molecule has 0 radical (unpaired) electrons. The summed E-state index contributed by atoms with van der Waals surface area (Å²) in [4.78, 5) is 5.71. The topological polar surface area (TPSA) is 30.4 Å². The van der Waals surface area contributed by atoms with Gasteiger partial charge in [-0.3, -0.25) is 4.99 Å². The van der Waals surface area contributed by atoms with Crippen LogP contribution in [0.3, 0.4) is 0 Å². The number of hydrogen-bond acceptors (Lipinski definition) is 3. The first-order valence-electron chi connectivity index (χ1n) is 23.8. The number of fused-ring (bicyclic) bond motifs is 15. The first-order chi connectivity index (χ1) is 33.9. The van der Waals surface area contributed by atoms with E-state index >= 15 is 0 Å². The lowest BCUT2D eigenvalue weighted by atomic mass is 9.92. The maximum Gasteiger partial charge on any atom is 0.136 e. The molecule has 3 aromatic heterocycles. The first-order valence-corrected chi connectivity index (χ1v) is 24.6. The number of rotatable bonds is 6. The van der Waals surface area contributed by atoms with Gasteiger partial charge in [-0.15, -0.1) is 11.3 Å². The fourth-order valence-electron chi connectivity index (χ4n) is 11.1. The lowest BCUT2D eigenvalue weighted by Gasteiger charge is -2.18. The van der Waals surface area contributed by atoms with Crippen molar-refractivity contribution in [2.45, 2.75) is 26.8 Å². The van der Waals surface area contributed by atoms with Gasteiger partial charge >= 0.3 is 0 Å². The highest BCUT2D eigenvalue weighted by Crippen LogP contribution is 2.47. The SMILES string of the molecule is C/C(C(=N[C@@H](C)c1ccc2ccccc2c1)c1ccc2c(c1)oc1ccccc12)=C(/C)c1cc(-n2c3cc4ccccc4cc3c3ccc4ccccc4c32)c2sc3ccc4ccccc4c3c2c1. The van der Waals surface area contributed by atoms with Crippen molar-refractivity contribution in [3.05, 3.63) is 229 Å². The van der Waals surface area contributed by atoms with Gasteiger partial charge in [0.15, 0.2) is 0 Å². The van der Waals surface area contributed by atoms with E-state index in [4.69, 9.17) is 9.41 Å². The molecule has 3 heterocycles. The van der Waals surface area contributed by atoms with Crippen molar-refractivity contribution in [2.75, 3.05) is 0 Å². The predicted octanol–water partition coefficient (Wildman–Crippen LogP) is 18.7. The lowest BCUT2D eigenvalue weighted by Crippen LogP contribution is -2.08. The molecular formula is C65H44N2OS. The number of para-hydroxylation sites is 1. The third-order valence-corrected chi connectivity index (χ3v) is 16.0. The summed E-state index contributed by atoms with van der Waals surface area (Å²) in [6.45, 7) is 6.77. The summed E-state index contributed by atoms with van der Waals surface area (Å²) in [6.07, 6.45) is 0. The van der Waals surface area contributed by atoms with Crippen LogP contribution in [0.4, 0.5) is 0 Å². The Labute approximate surface area is 402 Å². The van der Waals surface area contributed by atoms with E-state index in [0.717, 1.165) is 44.4 Å². The van der Waals surface area contributed by atoms with Crippen molar-refractivity contribution in [2.24, 2.45) is 4.99 Å². The third kappa shape index (κ3) is 6.22. The molecule has 0 N–H and O–H groups in total. The Bertz CT molecular complexity index is 4540. The summed E-state index contributed by atoms with van der Waals surface area (Å²) in [5.41, 5.74) is 11.9. The van der Waals surface area contributed by atoms with Gasteiger partial charge in [-0.25, -0.2) is 0 Å². The summed E-state index contributed by atoms with van der Waals surface area (Å²) >= 11 is 1.90. The minimum atomic E-state index is -0.121. The van der Waals surface area contributed by atoms with E-state index in [9.17, 15) is 0 Å². The van der Waals surface area contributed by atoms with Crippen LogP contribution in [0.15, 0.2) is 221 Å². The van der Waals surface area contributed by atoms with Gasteiger partial charge < -0.3 is 8.98 Å². The zero-order valence-corrected chi connectivity index (χ0v) is 39.2. The van der Waals surface area contributed by atoms with E-state index in [2.05, 4.69) is 226 Å². The largest absolute Gasteiger partial charge is 0.456 e. The second kappa shape index (κ2) is 15.4. The van der Waals surface area contributed by atoms with E-state index in [0.29, 0.717) is 0 Å². The zero-order valence-electron chi connectivity index (χ0n) is 38.4. The molecule has 1 atom stereocenters. The minimum Gasteiger partial charge on any atom is -0.456 e. The molecule has 0 amide bonds. The Balaban J connectivity index is 1.07. The van der Waals surface area contributed by atoms with Crippen LogP contribution in [0.2, 0.25) is 0 Å². The van der Waals surface area contributed by atoms with Crippen LogP contribution in [-0.4, -0.2) is 10.3 Å². The standard InChI is InChI=1S/C65H44N2OS/c1-38(39(2)63(66-40(3)44-25-24-41-14-4-5-17-45(41)32-44)48-27-29-53-52-22-12-13-23-59(52)68-60(53)37-48)49-34-56-62-50-20-10-8-15-42(50)28-31-61(62)69-65(56)58(36-49)67-57-35-47-19-7-6-18-46(47)33-55(57)54-30-26-43-16-9-11-21-51(43)64(54)67/h4-37,40H,1-3H3/b39-38+,66-63?/t40-/m0/s1. The highest BCUT2D eigenvalue weighted by molar-refractivity contribution is 7.26. The summed E-state index contributed by atoms with van der Waals surface area (Å²) in [5.74, 6) is 0. The van der Waals surface area contributed by atoms with Crippen molar-refractivity contribution >= 4 is 130 Å². The van der Waals surface area contributed by atoms with Crippen LogP contribution in [0.25, 0.3) is 118 Å². The van der Waals surface area contributed by atoms with Crippen molar-refractivity contribution in [3.8, 4) is 5.69 Å². The Morgan fingerprint density at radius 1 is 0.478 bits per heavy atom. The van der Waals surface area contributed by atoms with Crippen LogP contribution >= 0.6 is 11.3 Å². The highest BCUT2D eigenvalue weighted by atomic mass is 32.1. The summed E-state index contributed by atoms with van der Waals surface area (Å²) in [6, 6.07) is 75.5. The first kappa shape index (κ1) is 39.8. The molecule has 14 aromatic rings. The molecular weight excluding hydrogens is 857 g/mol.